The van der Waals surface area contributed by atoms with Crippen LogP contribution in [0, 0.1) is 0 Å². The highest BCUT2D eigenvalue weighted by Crippen LogP contribution is 2.24. The number of carbonyl (C=O) groups excluding carboxylic acids is 1. The second-order valence-electron chi connectivity index (χ2n) is 6.49. The molecule has 0 unspecified atom stereocenters. The molecular weight excluding hydrogens is 312 g/mol. The number of amides is 1. The van der Waals surface area contributed by atoms with Gasteiger partial charge in [-0.15, -0.1) is 0 Å². The van der Waals surface area contributed by atoms with Gasteiger partial charge in [-0.05, 0) is 47.6 Å². The summed E-state index contributed by atoms with van der Waals surface area (Å²) in [5.41, 5.74) is 3.79. The summed E-state index contributed by atoms with van der Waals surface area (Å²) in [5, 5.41) is 1.72. The summed E-state index contributed by atoms with van der Waals surface area (Å²) in [5.74, 6) is 0.0231. The number of fused-ring (bicyclic) bond motifs is 3. The van der Waals surface area contributed by atoms with Gasteiger partial charge in [0.25, 0.3) is 11.5 Å². The highest BCUT2D eigenvalue weighted by Gasteiger charge is 2.24. The largest absolute Gasteiger partial charge is 0.332 e. The van der Waals surface area contributed by atoms with Crippen LogP contribution in [0.1, 0.15) is 34.1 Å². The van der Waals surface area contributed by atoms with Crippen LogP contribution in [0.25, 0.3) is 10.8 Å². The molecule has 1 aliphatic heterocycles. The van der Waals surface area contributed by atoms with Gasteiger partial charge in [-0.1, -0.05) is 37.3 Å². The van der Waals surface area contributed by atoms with Gasteiger partial charge in [-0.25, -0.2) is 0 Å². The predicted octanol–water partition coefficient (Wildman–Crippen LogP) is 3.29. The van der Waals surface area contributed by atoms with Crippen LogP contribution >= 0.6 is 0 Å². The van der Waals surface area contributed by atoms with Crippen molar-refractivity contribution < 1.29 is 4.79 Å². The lowest BCUT2D eigenvalue weighted by Gasteiger charge is -2.29. The number of benzene rings is 2. The number of hydrogen-bond donors (Lipinski definition) is 1. The van der Waals surface area contributed by atoms with Crippen LogP contribution in [-0.2, 0) is 19.4 Å². The van der Waals surface area contributed by atoms with E-state index < -0.39 is 0 Å². The van der Waals surface area contributed by atoms with Crippen LogP contribution in [0.2, 0.25) is 0 Å². The van der Waals surface area contributed by atoms with E-state index in [-0.39, 0.29) is 11.5 Å². The first-order valence-corrected chi connectivity index (χ1v) is 8.68. The van der Waals surface area contributed by atoms with Crippen LogP contribution < -0.4 is 5.56 Å². The number of H-pyrrole nitrogens is 1. The van der Waals surface area contributed by atoms with Gasteiger partial charge in [0.2, 0.25) is 0 Å². The van der Waals surface area contributed by atoms with E-state index >= 15 is 0 Å². The van der Waals surface area contributed by atoms with E-state index in [0.29, 0.717) is 18.7 Å². The molecule has 0 fully saturated rings. The van der Waals surface area contributed by atoms with Crippen molar-refractivity contribution in [2.24, 2.45) is 0 Å². The Bertz CT molecular complexity index is 1020. The zero-order chi connectivity index (χ0) is 17.4. The van der Waals surface area contributed by atoms with Crippen LogP contribution in [0.15, 0.2) is 53.3 Å². The van der Waals surface area contributed by atoms with Crippen molar-refractivity contribution >= 4 is 16.7 Å². The highest BCUT2D eigenvalue weighted by molar-refractivity contribution is 5.95. The first-order chi connectivity index (χ1) is 12.2. The predicted molar refractivity (Wildman–Crippen MR) is 98.8 cm³/mol. The molecule has 0 atom stereocenters. The van der Waals surface area contributed by atoms with Crippen molar-refractivity contribution in [2.45, 2.75) is 26.3 Å². The molecule has 3 aromatic rings. The number of aromatic nitrogens is 1. The Hall–Kier alpha value is -2.88. The second-order valence-corrected chi connectivity index (χ2v) is 6.49. The summed E-state index contributed by atoms with van der Waals surface area (Å²) in [6.45, 7) is 3.19. The Kier molecular flexibility index (Phi) is 3.88. The molecule has 1 aromatic heterocycles. The third-order valence-corrected chi connectivity index (χ3v) is 4.98. The molecule has 4 heteroatoms. The normalized spacial score (nSPS) is 13.7. The van der Waals surface area contributed by atoms with Gasteiger partial charge < -0.3 is 9.88 Å². The topological polar surface area (TPSA) is 53.2 Å². The molecule has 4 nitrogen and oxygen atoms in total. The molecule has 126 valence electrons. The molecule has 0 bridgehead atoms. The van der Waals surface area contributed by atoms with Crippen molar-refractivity contribution in [3.63, 3.8) is 0 Å². The molecule has 0 radical (unpaired) electrons. The summed E-state index contributed by atoms with van der Waals surface area (Å²) in [7, 11) is 0. The molecule has 25 heavy (non-hydrogen) atoms. The van der Waals surface area contributed by atoms with Gasteiger partial charge in [0.05, 0.1) is 6.54 Å². The maximum atomic E-state index is 12.9. The highest BCUT2D eigenvalue weighted by atomic mass is 16.2. The number of rotatable bonds is 2. The number of hydrogen-bond acceptors (Lipinski definition) is 2. The molecule has 0 aliphatic carbocycles. The van der Waals surface area contributed by atoms with E-state index in [1.807, 2.05) is 53.4 Å². The maximum absolute atomic E-state index is 12.9. The lowest BCUT2D eigenvalue weighted by molar-refractivity contribution is 0.0732. The van der Waals surface area contributed by atoms with E-state index in [4.69, 9.17) is 0 Å². The van der Waals surface area contributed by atoms with Gasteiger partial charge in [-0.2, -0.15) is 0 Å². The van der Waals surface area contributed by atoms with Crippen LogP contribution in [0.5, 0.6) is 0 Å². The second kappa shape index (κ2) is 6.20. The number of aromatic amines is 1. The van der Waals surface area contributed by atoms with Gasteiger partial charge in [-0.3, -0.25) is 9.59 Å². The first-order valence-electron chi connectivity index (χ1n) is 8.68. The maximum Gasteiger partial charge on any atom is 0.256 e. The molecule has 1 amide bonds. The Labute approximate surface area is 146 Å². The molecule has 1 N–H and O–H groups in total. The van der Waals surface area contributed by atoms with Crippen LogP contribution in [-0.4, -0.2) is 22.3 Å². The SMILES string of the molecule is CCc1cccc(C(=O)N2CCc3c([nH]c(=O)c4ccccc34)C2)c1. The molecule has 0 saturated heterocycles. The minimum absolute atomic E-state index is 0.0231. The lowest BCUT2D eigenvalue weighted by atomic mass is 9.97. The summed E-state index contributed by atoms with van der Waals surface area (Å²) >= 11 is 0. The fourth-order valence-corrected chi connectivity index (χ4v) is 3.60. The molecule has 4 rings (SSSR count). The number of carbonyl (C=O) groups is 1. The van der Waals surface area contributed by atoms with Crippen molar-refractivity contribution in [3.8, 4) is 0 Å². The minimum Gasteiger partial charge on any atom is -0.332 e. The first kappa shape index (κ1) is 15.6. The molecule has 2 heterocycles. The van der Waals surface area contributed by atoms with E-state index in [1.165, 1.54) is 0 Å². The third-order valence-electron chi connectivity index (χ3n) is 4.98. The number of nitrogens with zero attached hydrogens (tertiary/aromatic N) is 1. The Balaban J connectivity index is 1.69. The summed E-state index contributed by atoms with van der Waals surface area (Å²) < 4.78 is 0. The standard InChI is InChI=1S/C21H20N2O2/c1-2-14-6-5-7-15(12-14)21(25)23-11-10-17-16-8-3-4-9-18(16)20(24)22-19(17)13-23/h3-9,12H,2,10-11,13H2,1H3,(H,22,24). The van der Waals surface area contributed by atoms with Crippen molar-refractivity contribution in [3.05, 3.63) is 81.3 Å². The van der Waals surface area contributed by atoms with Gasteiger partial charge in [0, 0.05) is 23.2 Å². The van der Waals surface area contributed by atoms with E-state index in [0.717, 1.165) is 40.4 Å². The Morgan fingerprint density at radius 1 is 1.12 bits per heavy atom. The quantitative estimate of drug-likeness (QED) is 0.783. The van der Waals surface area contributed by atoms with Crippen LogP contribution in [0.3, 0.4) is 0 Å². The Morgan fingerprint density at radius 2 is 1.92 bits per heavy atom. The third kappa shape index (κ3) is 2.74. The zero-order valence-corrected chi connectivity index (χ0v) is 14.2. The minimum atomic E-state index is -0.0865. The van der Waals surface area contributed by atoms with Gasteiger partial charge in [0.15, 0.2) is 0 Å². The monoisotopic (exact) mass is 332 g/mol. The summed E-state index contributed by atoms with van der Waals surface area (Å²) in [6.07, 6.45) is 1.66. The number of pyridine rings is 1. The lowest BCUT2D eigenvalue weighted by Crippen LogP contribution is -2.37. The summed E-state index contributed by atoms with van der Waals surface area (Å²) in [6, 6.07) is 15.5. The molecule has 0 spiro atoms. The van der Waals surface area contributed by atoms with Crippen molar-refractivity contribution in [2.75, 3.05) is 6.54 Å². The average molecular weight is 332 g/mol. The fourth-order valence-electron chi connectivity index (χ4n) is 3.60. The molecule has 2 aromatic carbocycles. The number of aryl methyl sites for hydroxylation is 1. The molecular formula is C21H20N2O2. The van der Waals surface area contributed by atoms with E-state index in [2.05, 4.69) is 11.9 Å². The zero-order valence-electron chi connectivity index (χ0n) is 14.2. The van der Waals surface area contributed by atoms with E-state index in [1.54, 1.807) is 0 Å². The Morgan fingerprint density at radius 3 is 2.72 bits per heavy atom. The molecule has 0 saturated carbocycles. The average Bonchev–Trinajstić information content (AvgIpc) is 2.67. The van der Waals surface area contributed by atoms with Crippen LogP contribution in [0.4, 0.5) is 0 Å². The smallest absolute Gasteiger partial charge is 0.256 e. The van der Waals surface area contributed by atoms with Gasteiger partial charge in [0.1, 0.15) is 0 Å². The summed E-state index contributed by atoms with van der Waals surface area (Å²) in [4.78, 5) is 30.0. The number of nitrogens with one attached hydrogen (secondary N) is 1. The van der Waals surface area contributed by atoms with Crippen molar-refractivity contribution in [1.29, 1.82) is 0 Å². The molecule has 1 aliphatic rings. The van der Waals surface area contributed by atoms with Gasteiger partial charge >= 0.3 is 0 Å². The fraction of sp³-hybridized carbons (Fsp3) is 0.238. The van der Waals surface area contributed by atoms with Crippen molar-refractivity contribution in [1.82, 2.24) is 9.88 Å². The van der Waals surface area contributed by atoms with E-state index in [9.17, 15) is 9.59 Å².